The zero-order valence-electron chi connectivity index (χ0n) is 13.7. The monoisotopic (exact) mass is 306 g/mol. The molecule has 0 saturated heterocycles. The number of esters is 1. The predicted octanol–water partition coefficient (Wildman–Crippen LogP) is 3.92. The first-order valence-electron chi connectivity index (χ1n) is 7.98. The van der Waals surface area contributed by atoms with Gasteiger partial charge < -0.3 is 14.6 Å². The van der Waals surface area contributed by atoms with Gasteiger partial charge in [0.1, 0.15) is 17.1 Å². The lowest BCUT2D eigenvalue weighted by atomic mass is 9.82. The van der Waals surface area contributed by atoms with E-state index < -0.39 is 5.60 Å². The molecule has 2 rings (SSSR count). The number of hydrogen-bond donors (Lipinski definition) is 1. The quantitative estimate of drug-likeness (QED) is 0.857. The van der Waals surface area contributed by atoms with Crippen LogP contribution in [0.4, 0.5) is 0 Å². The minimum atomic E-state index is -0.407. The Balaban J connectivity index is 1.73. The number of ether oxygens (including phenoxy) is 2. The zero-order chi connectivity index (χ0) is 16.2. The fourth-order valence-corrected chi connectivity index (χ4v) is 2.71. The summed E-state index contributed by atoms with van der Waals surface area (Å²) in [6.07, 6.45) is 3.72. The van der Waals surface area contributed by atoms with Gasteiger partial charge in [-0.2, -0.15) is 0 Å². The molecule has 1 aromatic carbocycles. The second kappa shape index (κ2) is 7.03. The first-order valence-corrected chi connectivity index (χ1v) is 7.98. The van der Waals surface area contributed by atoms with Crippen molar-refractivity contribution in [1.29, 1.82) is 0 Å². The molecule has 0 aliphatic heterocycles. The average Bonchev–Trinajstić information content (AvgIpc) is 2.45. The Morgan fingerprint density at radius 2 is 1.73 bits per heavy atom. The molecule has 4 heteroatoms. The Bertz CT molecular complexity index is 479. The topological polar surface area (TPSA) is 55.8 Å². The highest BCUT2D eigenvalue weighted by Gasteiger charge is 2.30. The molecule has 1 saturated carbocycles. The van der Waals surface area contributed by atoms with Gasteiger partial charge in [-0.3, -0.25) is 4.79 Å². The van der Waals surface area contributed by atoms with Gasteiger partial charge in [-0.25, -0.2) is 0 Å². The van der Waals surface area contributed by atoms with Crippen molar-refractivity contribution in [3.8, 4) is 11.5 Å². The van der Waals surface area contributed by atoms with E-state index in [9.17, 15) is 9.90 Å². The molecule has 1 aromatic rings. The molecule has 0 atom stereocenters. The van der Waals surface area contributed by atoms with Crippen LogP contribution in [-0.4, -0.2) is 23.3 Å². The zero-order valence-corrected chi connectivity index (χ0v) is 13.7. The van der Waals surface area contributed by atoms with Crippen molar-refractivity contribution in [3.05, 3.63) is 24.3 Å². The summed E-state index contributed by atoms with van der Waals surface area (Å²) in [6, 6.07) is 6.77. The molecule has 1 N–H and O–H groups in total. The van der Waals surface area contributed by atoms with Crippen LogP contribution in [0.3, 0.4) is 0 Å². The van der Waals surface area contributed by atoms with Crippen LogP contribution in [0.25, 0.3) is 0 Å². The smallest absolute Gasteiger partial charge is 0.309 e. The van der Waals surface area contributed by atoms with Crippen LogP contribution >= 0.6 is 0 Å². The van der Waals surface area contributed by atoms with Gasteiger partial charge in [0.15, 0.2) is 0 Å². The van der Waals surface area contributed by atoms with Gasteiger partial charge in [0, 0.05) is 0 Å². The maximum absolute atomic E-state index is 12.1. The number of carbonyl (C=O) groups excluding carboxylic acids is 1. The van der Waals surface area contributed by atoms with Crippen molar-refractivity contribution in [1.82, 2.24) is 0 Å². The minimum absolute atomic E-state index is 0.0316. The van der Waals surface area contributed by atoms with Gasteiger partial charge in [0.25, 0.3) is 0 Å². The summed E-state index contributed by atoms with van der Waals surface area (Å²) in [5.74, 6) is 1.46. The summed E-state index contributed by atoms with van der Waals surface area (Å²) in [5.41, 5.74) is -0.407. The second-order valence-corrected chi connectivity index (χ2v) is 7.06. The standard InChI is InChI=1S/C18H26O4/c1-18(2,3)22-17(20)14-6-4-13(5-7-14)12-21-16-10-8-15(19)9-11-16/h8-11,13-14,19H,4-7,12H2,1-3H3. The molecule has 1 fully saturated rings. The highest BCUT2D eigenvalue weighted by molar-refractivity contribution is 5.72. The van der Waals surface area contributed by atoms with Gasteiger partial charge in [0.2, 0.25) is 0 Å². The van der Waals surface area contributed by atoms with E-state index in [4.69, 9.17) is 9.47 Å². The molecule has 0 heterocycles. The third-order valence-corrected chi connectivity index (χ3v) is 3.91. The fraction of sp³-hybridized carbons (Fsp3) is 0.611. The summed E-state index contributed by atoms with van der Waals surface area (Å²) in [7, 11) is 0. The Morgan fingerprint density at radius 3 is 2.27 bits per heavy atom. The number of rotatable bonds is 4. The molecule has 0 radical (unpaired) electrons. The molecule has 22 heavy (non-hydrogen) atoms. The normalized spacial score (nSPS) is 22.1. The minimum Gasteiger partial charge on any atom is -0.508 e. The highest BCUT2D eigenvalue weighted by atomic mass is 16.6. The first-order chi connectivity index (χ1) is 10.3. The van der Waals surface area contributed by atoms with Gasteiger partial charge in [-0.1, -0.05) is 0 Å². The van der Waals surface area contributed by atoms with Crippen LogP contribution in [0, 0.1) is 11.8 Å². The average molecular weight is 306 g/mol. The number of hydrogen-bond acceptors (Lipinski definition) is 4. The van der Waals surface area contributed by atoms with E-state index >= 15 is 0 Å². The van der Waals surface area contributed by atoms with E-state index in [0.717, 1.165) is 31.4 Å². The van der Waals surface area contributed by atoms with Crippen LogP contribution in [0.5, 0.6) is 11.5 Å². The lowest BCUT2D eigenvalue weighted by Crippen LogP contribution is -2.31. The molecule has 0 amide bonds. The molecule has 0 spiro atoms. The van der Waals surface area contributed by atoms with Gasteiger partial charge in [-0.15, -0.1) is 0 Å². The number of aromatic hydroxyl groups is 1. The van der Waals surface area contributed by atoms with Crippen LogP contribution in [0.1, 0.15) is 46.5 Å². The molecular weight excluding hydrogens is 280 g/mol. The van der Waals surface area contributed by atoms with Crippen LogP contribution in [0.15, 0.2) is 24.3 Å². The van der Waals surface area contributed by atoms with Crippen molar-refractivity contribution in [2.75, 3.05) is 6.61 Å². The van der Waals surface area contributed by atoms with E-state index in [1.54, 1.807) is 24.3 Å². The molecular formula is C18H26O4. The van der Waals surface area contributed by atoms with E-state index in [-0.39, 0.29) is 17.6 Å². The van der Waals surface area contributed by atoms with Gasteiger partial charge in [-0.05, 0) is 76.6 Å². The molecule has 0 bridgehead atoms. The molecule has 0 unspecified atom stereocenters. The Labute approximate surface area is 132 Å². The lowest BCUT2D eigenvalue weighted by molar-refractivity contribution is -0.161. The number of carbonyl (C=O) groups is 1. The Hall–Kier alpha value is -1.71. The summed E-state index contributed by atoms with van der Waals surface area (Å²) < 4.78 is 11.2. The number of phenols is 1. The lowest BCUT2D eigenvalue weighted by Gasteiger charge is -2.29. The highest BCUT2D eigenvalue weighted by Crippen LogP contribution is 2.31. The predicted molar refractivity (Wildman–Crippen MR) is 84.9 cm³/mol. The molecule has 122 valence electrons. The van der Waals surface area contributed by atoms with E-state index in [2.05, 4.69) is 0 Å². The van der Waals surface area contributed by atoms with Crippen LogP contribution in [0.2, 0.25) is 0 Å². The van der Waals surface area contributed by atoms with Gasteiger partial charge in [0.05, 0.1) is 12.5 Å². The third kappa shape index (κ3) is 5.24. The number of benzene rings is 1. The molecule has 0 aromatic heterocycles. The summed E-state index contributed by atoms with van der Waals surface area (Å²) >= 11 is 0. The van der Waals surface area contributed by atoms with E-state index in [1.165, 1.54) is 0 Å². The largest absolute Gasteiger partial charge is 0.508 e. The molecule has 1 aliphatic carbocycles. The van der Waals surface area contributed by atoms with Crippen molar-refractivity contribution >= 4 is 5.97 Å². The van der Waals surface area contributed by atoms with Crippen molar-refractivity contribution in [2.45, 2.75) is 52.1 Å². The van der Waals surface area contributed by atoms with Crippen molar-refractivity contribution < 1.29 is 19.4 Å². The number of phenolic OH excluding ortho intramolecular Hbond substituents is 1. The Kier molecular flexibility index (Phi) is 5.33. The van der Waals surface area contributed by atoms with E-state index in [0.29, 0.717) is 12.5 Å². The maximum atomic E-state index is 12.1. The summed E-state index contributed by atoms with van der Waals surface area (Å²) in [6.45, 7) is 6.37. The second-order valence-electron chi connectivity index (χ2n) is 7.06. The fourth-order valence-electron chi connectivity index (χ4n) is 2.71. The molecule has 1 aliphatic rings. The van der Waals surface area contributed by atoms with Crippen LogP contribution < -0.4 is 4.74 Å². The van der Waals surface area contributed by atoms with Crippen molar-refractivity contribution in [3.63, 3.8) is 0 Å². The van der Waals surface area contributed by atoms with Crippen LogP contribution in [-0.2, 0) is 9.53 Å². The summed E-state index contributed by atoms with van der Waals surface area (Å²) in [5, 5.41) is 9.24. The Morgan fingerprint density at radius 1 is 1.14 bits per heavy atom. The molecule has 4 nitrogen and oxygen atoms in total. The SMILES string of the molecule is CC(C)(C)OC(=O)C1CCC(COc2ccc(O)cc2)CC1. The third-order valence-electron chi connectivity index (χ3n) is 3.91. The van der Waals surface area contributed by atoms with Gasteiger partial charge >= 0.3 is 5.97 Å². The summed E-state index contributed by atoms with van der Waals surface area (Å²) in [4.78, 5) is 12.1. The first kappa shape index (κ1) is 16.7. The van der Waals surface area contributed by atoms with Crippen molar-refractivity contribution in [2.24, 2.45) is 11.8 Å². The van der Waals surface area contributed by atoms with E-state index in [1.807, 2.05) is 20.8 Å². The maximum Gasteiger partial charge on any atom is 0.309 e.